The zero-order valence-corrected chi connectivity index (χ0v) is 11.5. The number of nitrogens with zero attached hydrogens (tertiary/aromatic N) is 3. The zero-order valence-electron chi connectivity index (χ0n) is 11.5. The number of nitrogens with one attached hydrogen (secondary N) is 2. The molecule has 4 N–H and O–H groups in total. The molecular formula is C13H13FN6O2. The van der Waals surface area contributed by atoms with Crippen molar-refractivity contribution in [3.63, 3.8) is 0 Å². The topological polar surface area (TPSA) is 134 Å². The van der Waals surface area contributed by atoms with Crippen molar-refractivity contribution in [2.24, 2.45) is 0 Å². The summed E-state index contributed by atoms with van der Waals surface area (Å²) in [6.45, 7) is 0.413. The van der Waals surface area contributed by atoms with E-state index in [4.69, 9.17) is 11.0 Å². The van der Waals surface area contributed by atoms with Gasteiger partial charge >= 0.3 is 0 Å². The van der Waals surface area contributed by atoms with Crippen LogP contribution in [-0.4, -0.2) is 21.7 Å². The molecule has 1 aromatic carbocycles. The van der Waals surface area contributed by atoms with Gasteiger partial charge in [0, 0.05) is 6.54 Å². The van der Waals surface area contributed by atoms with Crippen molar-refractivity contribution in [2.75, 3.05) is 17.6 Å². The Morgan fingerprint density at radius 2 is 2.32 bits per heavy atom. The Kier molecular flexibility index (Phi) is 4.53. The third kappa shape index (κ3) is 3.29. The van der Waals surface area contributed by atoms with Crippen LogP contribution in [0, 0.1) is 27.3 Å². The lowest BCUT2D eigenvalue weighted by Gasteiger charge is -2.06. The molecule has 8 nitrogen and oxygen atoms in total. The SMILES string of the molecule is N#Cc1c(N)n[nH]c1CCCNc1ccc(F)cc1[N+](=O)[O-]. The maximum atomic E-state index is 13.0. The Morgan fingerprint density at radius 1 is 1.55 bits per heavy atom. The van der Waals surface area contributed by atoms with Crippen molar-refractivity contribution >= 4 is 17.2 Å². The molecule has 0 amide bonds. The number of nitrogen functional groups attached to an aromatic ring is 1. The number of H-pyrrole nitrogens is 1. The lowest BCUT2D eigenvalue weighted by Crippen LogP contribution is -2.06. The number of rotatable bonds is 6. The Labute approximate surface area is 124 Å². The van der Waals surface area contributed by atoms with Crippen LogP contribution in [0.15, 0.2) is 18.2 Å². The molecule has 114 valence electrons. The number of aromatic amines is 1. The molecule has 0 unspecified atom stereocenters. The van der Waals surface area contributed by atoms with E-state index >= 15 is 0 Å². The summed E-state index contributed by atoms with van der Waals surface area (Å²) in [5.74, 6) is -0.511. The van der Waals surface area contributed by atoms with Crippen molar-refractivity contribution in [1.82, 2.24) is 10.2 Å². The zero-order chi connectivity index (χ0) is 16.1. The average Bonchev–Trinajstić information content (AvgIpc) is 2.84. The van der Waals surface area contributed by atoms with Gasteiger partial charge in [-0.05, 0) is 25.0 Å². The summed E-state index contributed by atoms with van der Waals surface area (Å²) in [6, 6.07) is 5.30. The van der Waals surface area contributed by atoms with Crippen LogP contribution in [0.2, 0.25) is 0 Å². The van der Waals surface area contributed by atoms with Crippen LogP contribution in [0.5, 0.6) is 0 Å². The maximum absolute atomic E-state index is 13.0. The molecule has 0 aliphatic carbocycles. The quantitative estimate of drug-likeness (QED) is 0.424. The predicted molar refractivity (Wildman–Crippen MR) is 77.6 cm³/mol. The van der Waals surface area contributed by atoms with Crippen molar-refractivity contribution in [1.29, 1.82) is 5.26 Å². The molecule has 1 heterocycles. The van der Waals surface area contributed by atoms with Crippen LogP contribution >= 0.6 is 0 Å². The van der Waals surface area contributed by atoms with E-state index in [1.807, 2.05) is 6.07 Å². The summed E-state index contributed by atoms with van der Waals surface area (Å²) in [6.07, 6.45) is 1.10. The van der Waals surface area contributed by atoms with Crippen molar-refractivity contribution in [3.05, 3.63) is 45.4 Å². The van der Waals surface area contributed by atoms with Crippen LogP contribution in [0.3, 0.4) is 0 Å². The maximum Gasteiger partial charge on any atom is 0.295 e. The summed E-state index contributed by atoms with van der Waals surface area (Å²) in [5, 5.41) is 29.1. The Morgan fingerprint density at radius 3 is 3.00 bits per heavy atom. The predicted octanol–water partition coefficient (Wildman–Crippen LogP) is 1.96. The summed E-state index contributed by atoms with van der Waals surface area (Å²) in [7, 11) is 0. The summed E-state index contributed by atoms with van der Waals surface area (Å²) in [5.41, 5.74) is 6.39. The molecule has 0 spiro atoms. The molecule has 0 saturated carbocycles. The van der Waals surface area contributed by atoms with Gasteiger partial charge in [0.2, 0.25) is 0 Å². The van der Waals surface area contributed by atoms with Crippen LogP contribution in [0.1, 0.15) is 17.7 Å². The lowest BCUT2D eigenvalue weighted by atomic mass is 10.1. The molecule has 0 fully saturated rings. The van der Waals surface area contributed by atoms with Gasteiger partial charge in [-0.1, -0.05) is 0 Å². The molecule has 22 heavy (non-hydrogen) atoms. The number of anilines is 2. The number of hydrogen-bond acceptors (Lipinski definition) is 6. The number of hydrogen-bond donors (Lipinski definition) is 3. The van der Waals surface area contributed by atoms with Gasteiger partial charge in [-0.2, -0.15) is 10.4 Å². The van der Waals surface area contributed by atoms with Gasteiger partial charge in [-0.25, -0.2) is 4.39 Å². The highest BCUT2D eigenvalue weighted by Gasteiger charge is 2.14. The third-order valence-electron chi connectivity index (χ3n) is 3.06. The number of nitro benzene ring substituents is 1. The fourth-order valence-electron chi connectivity index (χ4n) is 1.99. The normalized spacial score (nSPS) is 10.2. The second-order valence-corrected chi connectivity index (χ2v) is 4.52. The van der Waals surface area contributed by atoms with Gasteiger partial charge in [-0.3, -0.25) is 15.2 Å². The average molecular weight is 304 g/mol. The highest BCUT2D eigenvalue weighted by Crippen LogP contribution is 2.25. The van der Waals surface area contributed by atoms with Crippen LogP contribution < -0.4 is 11.1 Å². The Bertz CT molecular complexity index is 737. The molecule has 0 aliphatic rings. The fourth-order valence-corrected chi connectivity index (χ4v) is 1.99. The van der Waals surface area contributed by atoms with Gasteiger partial charge in [0.05, 0.1) is 16.7 Å². The second-order valence-electron chi connectivity index (χ2n) is 4.52. The highest BCUT2D eigenvalue weighted by atomic mass is 19.1. The largest absolute Gasteiger partial charge is 0.381 e. The van der Waals surface area contributed by atoms with Crippen molar-refractivity contribution in [3.8, 4) is 6.07 Å². The van der Waals surface area contributed by atoms with E-state index in [9.17, 15) is 14.5 Å². The number of nitro groups is 1. The van der Waals surface area contributed by atoms with E-state index in [2.05, 4.69) is 15.5 Å². The molecular weight excluding hydrogens is 291 g/mol. The van der Waals surface area contributed by atoms with E-state index in [0.717, 1.165) is 12.1 Å². The first-order chi connectivity index (χ1) is 10.5. The molecule has 0 aliphatic heterocycles. The van der Waals surface area contributed by atoms with Crippen LogP contribution in [-0.2, 0) is 6.42 Å². The molecule has 2 rings (SSSR count). The molecule has 0 radical (unpaired) electrons. The molecule has 0 saturated heterocycles. The summed E-state index contributed by atoms with van der Waals surface area (Å²) >= 11 is 0. The number of aryl methyl sites for hydroxylation is 1. The second kappa shape index (κ2) is 6.53. The lowest BCUT2D eigenvalue weighted by molar-refractivity contribution is -0.384. The summed E-state index contributed by atoms with van der Waals surface area (Å²) < 4.78 is 13.0. The van der Waals surface area contributed by atoms with Gasteiger partial charge in [-0.15, -0.1) is 0 Å². The van der Waals surface area contributed by atoms with Gasteiger partial charge in [0.25, 0.3) is 5.69 Å². The van der Waals surface area contributed by atoms with E-state index < -0.39 is 10.7 Å². The number of halogens is 1. The van der Waals surface area contributed by atoms with Crippen molar-refractivity contribution < 1.29 is 9.31 Å². The molecule has 9 heteroatoms. The first kappa shape index (κ1) is 15.2. The number of aromatic nitrogens is 2. The minimum absolute atomic E-state index is 0.152. The number of nitriles is 1. The standard InChI is InChI=1S/C13H13FN6O2/c14-8-3-4-11(12(6-8)20(21)22)17-5-1-2-10-9(7-15)13(16)19-18-10/h3-4,6,17H,1-2,5H2,(H3,16,18,19). The van der Waals surface area contributed by atoms with Crippen LogP contribution in [0.25, 0.3) is 0 Å². The number of nitrogens with two attached hydrogens (primary N) is 1. The summed E-state index contributed by atoms with van der Waals surface area (Å²) in [4.78, 5) is 10.2. The van der Waals surface area contributed by atoms with Crippen LogP contribution in [0.4, 0.5) is 21.6 Å². The third-order valence-corrected chi connectivity index (χ3v) is 3.06. The molecule has 1 aromatic heterocycles. The van der Waals surface area contributed by atoms with Gasteiger partial charge < -0.3 is 11.1 Å². The van der Waals surface area contributed by atoms with E-state index in [1.165, 1.54) is 6.07 Å². The minimum atomic E-state index is -0.663. The molecule has 2 aromatic rings. The van der Waals surface area contributed by atoms with E-state index in [-0.39, 0.29) is 17.2 Å². The molecule has 0 atom stereocenters. The van der Waals surface area contributed by atoms with E-state index in [1.54, 1.807) is 0 Å². The van der Waals surface area contributed by atoms with Crippen molar-refractivity contribution in [2.45, 2.75) is 12.8 Å². The minimum Gasteiger partial charge on any atom is -0.381 e. The first-order valence-corrected chi connectivity index (χ1v) is 6.43. The molecule has 0 bridgehead atoms. The van der Waals surface area contributed by atoms with Gasteiger partial charge in [0.1, 0.15) is 23.1 Å². The Hall–Kier alpha value is -3.15. The highest BCUT2D eigenvalue weighted by molar-refractivity contribution is 5.61. The fraction of sp³-hybridized carbons (Fsp3) is 0.231. The monoisotopic (exact) mass is 304 g/mol. The smallest absolute Gasteiger partial charge is 0.295 e. The first-order valence-electron chi connectivity index (χ1n) is 6.43. The van der Waals surface area contributed by atoms with E-state index in [0.29, 0.717) is 30.6 Å². The Balaban J connectivity index is 1.95. The van der Waals surface area contributed by atoms with Gasteiger partial charge in [0.15, 0.2) is 5.82 Å². The number of benzene rings is 1.